The van der Waals surface area contributed by atoms with E-state index in [2.05, 4.69) is 6.92 Å². The number of carbonyl (C=O) groups excluding carboxylic acids is 1. The number of carboxylic acid groups (broad SMARTS) is 1. The summed E-state index contributed by atoms with van der Waals surface area (Å²) in [6.45, 7) is 2.75. The van der Waals surface area contributed by atoms with Crippen LogP contribution in [0.3, 0.4) is 0 Å². The first-order chi connectivity index (χ1) is 10.7. The first-order valence-electron chi connectivity index (χ1n) is 9.04. The van der Waals surface area contributed by atoms with E-state index < -0.39 is 5.97 Å². The van der Waals surface area contributed by atoms with Crippen molar-refractivity contribution >= 4 is 11.9 Å². The molecule has 0 amide bonds. The van der Waals surface area contributed by atoms with Crippen LogP contribution in [0.1, 0.15) is 96.8 Å². The predicted molar refractivity (Wildman–Crippen MR) is 88.9 cm³/mol. The number of hydrogen-bond acceptors (Lipinski definition) is 3. The second-order valence-corrected chi connectivity index (χ2v) is 6.00. The third kappa shape index (κ3) is 17.0. The number of unbranched alkanes of at least 4 members (excludes halogenated alkanes) is 10. The molecule has 0 rings (SSSR count). The highest BCUT2D eigenvalue weighted by atomic mass is 16.5. The van der Waals surface area contributed by atoms with Crippen molar-refractivity contribution < 1.29 is 19.4 Å². The molecule has 0 aliphatic heterocycles. The first-order valence-corrected chi connectivity index (χ1v) is 9.04. The minimum Gasteiger partial charge on any atom is -0.481 e. The highest BCUT2D eigenvalue weighted by Crippen LogP contribution is 2.10. The Labute approximate surface area is 135 Å². The third-order valence-corrected chi connectivity index (χ3v) is 3.78. The van der Waals surface area contributed by atoms with Crippen LogP contribution in [0.25, 0.3) is 0 Å². The Morgan fingerprint density at radius 3 is 1.77 bits per heavy atom. The first kappa shape index (κ1) is 20.9. The summed E-state index contributed by atoms with van der Waals surface area (Å²) in [6.07, 6.45) is 14.3. The number of rotatable bonds is 16. The average molecular weight is 314 g/mol. The van der Waals surface area contributed by atoms with Crippen LogP contribution in [0.4, 0.5) is 0 Å². The Kier molecular flexibility index (Phi) is 15.5. The Bertz CT molecular complexity index is 276. The molecule has 0 aromatic heterocycles. The average Bonchev–Trinajstić information content (AvgIpc) is 2.49. The van der Waals surface area contributed by atoms with Crippen molar-refractivity contribution in [3.8, 4) is 0 Å². The van der Waals surface area contributed by atoms with Crippen molar-refractivity contribution in [2.75, 3.05) is 6.61 Å². The molecule has 0 spiro atoms. The van der Waals surface area contributed by atoms with Crippen molar-refractivity contribution in [2.45, 2.75) is 96.8 Å². The summed E-state index contributed by atoms with van der Waals surface area (Å²) in [5.74, 6) is -1.000. The smallest absolute Gasteiger partial charge is 0.305 e. The second kappa shape index (κ2) is 16.3. The molecule has 1 N–H and O–H groups in total. The maximum atomic E-state index is 11.4. The zero-order valence-electron chi connectivity index (χ0n) is 14.3. The standard InChI is InChI=1S/C18H34O4/c1-2-3-4-5-6-7-8-9-10-13-16-22-18(21)15-12-11-14-17(19)20/h2-16H2,1H3,(H,19,20). The number of hydrogen-bond donors (Lipinski definition) is 1. The number of carbonyl (C=O) groups is 2. The minimum atomic E-state index is -0.807. The fourth-order valence-corrected chi connectivity index (χ4v) is 2.39. The predicted octanol–water partition coefficient (Wildman–Crippen LogP) is 5.10. The van der Waals surface area contributed by atoms with Crippen LogP contribution < -0.4 is 0 Å². The van der Waals surface area contributed by atoms with Crippen molar-refractivity contribution in [3.63, 3.8) is 0 Å². The van der Waals surface area contributed by atoms with Crippen molar-refractivity contribution in [2.24, 2.45) is 0 Å². The molecule has 0 unspecified atom stereocenters. The highest BCUT2D eigenvalue weighted by molar-refractivity contribution is 5.69. The van der Waals surface area contributed by atoms with Gasteiger partial charge in [0.2, 0.25) is 0 Å². The van der Waals surface area contributed by atoms with Crippen molar-refractivity contribution in [1.82, 2.24) is 0 Å². The summed E-state index contributed by atoms with van der Waals surface area (Å²) in [7, 11) is 0. The number of aliphatic carboxylic acids is 1. The summed E-state index contributed by atoms with van der Waals surface area (Å²) < 4.78 is 5.13. The van der Waals surface area contributed by atoms with Gasteiger partial charge in [-0.05, 0) is 19.3 Å². The molecule has 0 atom stereocenters. The third-order valence-electron chi connectivity index (χ3n) is 3.78. The summed E-state index contributed by atoms with van der Waals surface area (Å²) in [4.78, 5) is 21.7. The van der Waals surface area contributed by atoms with Crippen LogP contribution in [0.15, 0.2) is 0 Å². The topological polar surface area (TPSA) is 63.6 Å². The molecule has 0 aromatic carbocycles. The Balaban J connectivity index is 3.15. The van der Waals surface area contributed by atoms with Gasteiger partial charge in [0.1, 0.15) is 0 Å². The van der Waals surface area contributed by atoms with Gasteiger partial charge in [0.05, 0.1) is 6.61 Å². The number of ether oxygens (including phenoxy) is 1. The van der Waals surface area contributed by atoms with Crippen LogP contribution in [0.5, 0.6) is 0 Å². The Morgan fingerprint density at radius 2 is 1.23 bits per heavy atom. The van der Waals surface area contributed by atoms with Gasteiger partial charge in [0.25, 0.3) is 0 Å². The molecule has 0 radical (unpaired) electrons. The van der Waals surface area contributed by atoms with Crippen LogP contribution >= 0.6 is 0 Å². The maximum Gasteiger partial charge on any atom is 0.305 e. The van der Waals surface area contributed by atoms with E-state index >= 15 is 0 Å². The lowest BCUT2D eigenvalue weighted by Gasteiger charge is -2.05. The lowest BCUT2D eigenvalue weighted by atomic mass is 10.1. The molecule has 0 aromatic rings. The van der Waals surface area contributed by atoms with Crippen molar-refractivity contribution in [3.05, 3.63) is 0 Å². The molecular formula is C18H34O4. The lowest BCUT2D eigenvalue weighted by molar-refractivity contribution is -0.144. The summed E-state index contributed by atoms with van der Waals surface area (Å²) >= 11 is 0. The van der Waals surface area contributed by atoms with Crippen LogP contribution in [-0.4, -0.2) is 23.7 Å². The molecule has 130 valence electrons. The van der Waals surface area contributed by atoms with E-state index in [1.807, 2.05) is 0 Å². The van der Waals surface area contributed by atoms with Crippen LogP contribution in [0, 0.1) is 0 Å². The molecule has 0 saturated carbocycles. The summed E-state index contributed by atoms with van der Waals surface area (Å²) in [6, 6.07) is 0. The monoisotopic (exact) mass is 314 g/mol. The zero-order valence-corrected chi connectivity index (χ0v) is 14.3. The van der Waals surface area contributed by atoms with E-state index in [1.165, 1.54) is 51.4 Å². The lowest BCUT2D eigenvalue weighted by Crippen LogP contribution is -2.06. The molecule has 0 fully saturated rings. The Morgan fingerprint density at radius 1 is 0.727 bits per heavy atom. The maximum absolute atomic E-state index is 11.4. The van der Waals surface area contributed by atoms with Gasteiger partial charge in [-0.3, -0.25) is 9.59 Å². The summed E-state index contributed by atoms with van der Waals surface area (Å²) in [5, 5.41) is 8.48. The fourth-order valence-electron chi connectivity index (χ4n) is 2.39. The molecule has 4 heteroatoms. The van der Waals surface area contributed by atoms with E-state index in [0.717, 1.165) is 12.8 Å². The quantitative estimate of drug-likeness (QED) is 0.318. The fraction of sp³-hybridized carbons (Fsp3) is 0.889. The SMILES string of the molecule is CCCCCCCCCCCCOC(=O)CCCCC(=O)O. The van der Waals surface area contributed by atoms with E-state index in [0.29, 0.717) is 25.9 Å². The van der Waals surface area contributed by atoms with Gasteiger partial charge in [-0.2, -0.15) is 0 Å². The van der Waals surface area contributed by atoms with E-state index in [9.17, 15) is 9.59 Å². The number of esters is 1. The van der Waals surface area contributed by atoms with E-state index in [1.54, 1.807) is 0 Å². The molecule has 0 aliphatic carbocycles. The van der Waals surface area contributed by atoms with Gasteiger partial charge in [-0.15, -0.1) is 0 Å². The second-order valence-electron chi connectivity index (χ2n) is 6.00. The van der Waals surface area contributed by atoms with Crippen LogP contribution in [-0.2, 0) is 14.3 Å². The van der Waals surface area contributed by atoms with Gasteiger partial charge in [0.15, 0.2) is 0 Å². The van der Waals surface area contributed by atoms with Crippen LogP contribution in [0.2, 0.25) is 0 Å². The molecule has 0 aliphatic rings. The molecule has 0 bridgehead atoms. The molecule has 0 saturated heterocycles. The largest absolute Gasteiger partial charge is 0.481 e. The summed E-state index contributed by atoms with van der Waals surface area (Å²) in [5.41, 5.74) is 0. The van der Waals surface area contributed by atoms with E-state index in [-0.39, 0.29) is 12.4 Å². The minimum absolute atomic E-state index is 0.131. The van der Waals surface area contributed by atoms with Gasteiger partial charge in [-0.1, -0.05) is 64.7 Å². The molecule has 4 nitrogen and oxygen atoms in total. The number of carboxylic acids is 1. The van der Waals surface area contributed by atoms with Crippen molar-refractivity contribution in [1.29, 1.82) is 0 Å². The normalized spacial score (nSPS) is 10.6. The zero-order chi connectivity index (χ0) is 16.5. The van der Waals surface area contributed by atoms with Gasteiger partial charge >= 0.3 is 11.9 Å². The molecule has 0 heterocycles. The molecular weight excluding hydrogens is 280 g/mol. The van der Waals surface area contributed by atoms with Gasteiger partial charge < -0.3 is 9.84 Å². The van der Waals surface area contributed by atoms with Gasteiger partial charge in [-0.25, -0.2) is 0 Å². The molecule has 22 heavy (non-hydrogen) atoms. The Hall–Kier alpha value is -1.06. The van der Waals surface area contributed by atoms with Gasteiger partial charge in [0, 0.05) is 12.8 Å². The van der Waals surface area contributed by atoms with E-state index in [4.69, 9.17) is 9.84 Å². The highest BCUT2D eigenvalue weighted by Gasteiger charge is 2.03.